The van der Waals surface area contributed by atoms with Gasteiger partial charge in [-0.1, -0.05) is 11.6 Å². The number of phenols is 1. The van der Waals surface area contributed by atoms with E-state index in [2.05, 4.69) is 0 Å². The lowest BCUT2D eigenvalue weighted by Gasteiger charge is -2.07. The Hall–Kier alpha value is -0.440. The fourth-order valence-electron chi connectivity index (χ4n) is 0.890. The summed E-state index contributed by atoms with van der Waals surface area (Å²) in [4.78, 5) is 0. The summed E-state index contributed by atoms with van der Waals surface area (Å²) in [5, 5.41) is 9.86. The van der Waals surface area contributed by atoms with Gasteiger partial charge in [-0.2, -0.15) is 0 Å². The van der Waals surface area contributed by atoms with E-state index in [0.29, 0.717) is 10.6 Å². The highest BCUT2D eigenvalue weighted by atomic mass is 35.5. The SMILES string of the molecule is C[C@@H](N)c1cc(Cl)ccc1O.Cl. The van der Waals surface area contributed by atoms with E-state index >= 15 is 0 Å². The first kappa shape index (κ1) is 11.6. The number of benzene rings is 1. The number of hydrogen-bond donors (Lipinski definition) is 2. The lowest BCUT2D eigenvalue weighted by atomic mass is 10.1. The molecule has 0 saturated carbocycles. The molecule has 1 atom stereocenters. The Labute approximate surface area is 82.8 Å². The van der Waals surface area contributed by atoms with E-state index in [1.807, 2.05) is 0 Å². The van der Waals surface area contributed by atoms with Gasteiger partial charge in [-0.05, 0) is 25.1 Å². The summed E-state index contributed by atoms with van der Waals surface area (Å²) in [5.74, 6) is 0.199. The van der Waals surface area contributed by atoms with Crippen molar-refractivity contribution in [2.24, 2.45) is 5.73 Å². The first-order valence-corrected chi connectivity index (χ1v) is 3.73. The van der Waals surface area contributed by atoms with Crippen molar-refractivity contribution in [2.75, 3.05) is 0 Å². The van der Waals surface area contributed by atoms with Crippen LogP contribution in [0.2, 0.25) is 5.02 Å². The van der Waals surface area contributed by atoms with E-state index in [9.17, 15) is 5.11 Å². The first-order chi connectivity index (χ1) is 5.11. The molecule has 1 rings (SSSR count). The molecule has 0 heterocycles. The second kappa shape index (κ2) is 4.55. The molecule has 0 bridgehead atoms. The zero-order chi connectivity index (χ0) is 8.43. The fraction of sp³-hybridized carbons (Fsp3) is 0.250. The Morgan fingerprint density at radius 3 is 2.50 bits per heavy atom. The van der Waals surface area contributed by atoms with Crippen LogP contribution in [0.15, 0.2) is 18.2 Å². The molecule has 0 spiro atoms. The smallest absolute Gasteiger partial charge is 0.120 e. The van der Waals surface area contributed by atoms with Crippen molar-refractivity contribution in [3.63, 3.8) is 0 Å². The van der Waals surface area contributed by atoms with Gasteiger partial charge in [0.05, 0.1) is 0 Å². The third-order valence-electron chi connectivity index (χ3n) is 1.48. The average molecular weight is 208 g/mol. The van der Waals surface area contributed by atoms with E-state index in [1.165, 1.54) is 0 Å². The summed E-state index contributed by atoms with van der Waals surface area (Å²) in [6, 6.07) is 4.65. The van der Waals surface area contributed by atoms with E-state index in [1.54, 1.807) is 25.1 Å². The lowest BCUT2D eigenvalue weighted by molar-refractivity contribution is 0.464. The fourth-order valence-corrected chi connectivity index (χ4v) is 1.07. The van der Waals surface area contributed by atoms with Crippen LogP contribution < -0.4 is 5.73 Å². The van der Waals surface area contributed by atoms with Crippen LogP contribution in [0.3, 0.4) is 0 Å². The molecular weight excluding hydrogens is 197 g/mol. The summed E-state index contributed by atoms with van der Waals surface area (Å²) in [6.07, 6.45) is 0. The molecule has 0 aliphatic rings. The van der Waals surface area contributed by atoms with E-state index in [-0.39, 0.29) is 24.2 Å². The van der Waals surface area contributed by atoms with Gasteiger partial charge in [-0.25, -0.2) is 0 Å². The minimum atomic E-state index is -0.186. The maximum Gasteiger partial charge on any atom is 0.120 e. The van der Waals surface area contributed by atoms with Crippen LogP contribution in [-0.4, -0.2) is 5.11 Å². The van der Waals surface area contributed by atoms with E-state index < -0.39 is 0 Å². The summed E-state index contributed by atoms with van der Waals surface area (Å²) in [5.41, 5.74) is 6.24. The van der Waals surface area contributed by atoms with E-state index in [0.717, 1.165) is 0 Å². The number of nitrogens with two attached hydrogens (primary N) is 1. The zero-order valence-electron chi connectivity index (χ0n) is 6.62. The molecule has 3 N–H and O–H groups in total. The summed E-state index contributed by atoms with van der Waals surface area (Å²) < 4.78 is 0. The van der Waals surface area contributed by atoms with Crippen LogP contribution >= 0.6 is 24.0 Å². The van der Waals surface area contributed by atoms with Gasteiger partial charge in [0.15, 0.2) is 0 Å². The quantitative estimate of drug-likeness (QED) is 0.744. The number of hydrogen-bond acceptors (Lipinski definition) is 2. The van der Waals surface area contributed by atoms with Gasteiger partial charge in [0.25, 0.3) is 0 Å². The lowest BCUT2D eigenvalue weighted by Crippen LogP contribution is -2.04. The average Bonchev–Trinajstić information content (AvgIpc) is 1.94. The first-order valence-electron chi connectivity index (χ1n) is 3.35. The van der Waals surface area contributed by atoms with Gasteiger partial charge in [-0.15, -0.1) is 12.4 Å². The van der Waals surface area contributed by atoms with E-state index in [4.69, 9.17) is 17.3 Å². The van der Waals surface area contributed by atoms with Crippen molar-refractivity contribution in [3.8, 4) is 5.75 Å². The van der Waals surface area contributed by atoms with Crippen LogP contribution in [0.1, 0.15) is 18.5 Å². The molecule has 0 amide bonds. The van der Waals surface area contributed by atoms with Crippen molar-refractivity contribution in [1.82, 2.24) is 0 Å². The number of aromatic hydroxyl groups is 1. The van der Waals surface area contributed by atoms with Crippen molar-refractivity contribution >= 4 is 24.0 Å². The molecule has 0 unspecified atom stereocenters. The molecule has 0 radical (unpaired) electrons. The molecule has 2 nitrogen and oxygen atoms in total. The third kappa shape index (κ3) is 2.55. The van der Waals surface area contributed by atoms with Crippen LogP contribution in [-0.2, 0) is 0 Å². The molecule has 0 fully saturated rings. The van der Waals surface area contributed by atoms with Gasteiger partial charge < -0.3 is 10.8 Å². The predicted molar refractivity (Wildman–Crippen MR) is 53.0 cm³/mol. The van der Waals surface area contributed by atoms with Gasteiger partial charge in [0, 0.05) is 16.6 Å². The number of phenolic OH excluding ortho intramolecular Hbond substituents is 1. The molecule has 0 saturated heterocycles. The highest BCUT2D eigenvalue weighted by molar-refractivity contribution is 6.30. The van der Waals surface area contributed by atoms with Crippen LogP contribution in [0, 0.1) is 0 Å². The Balaban J connectivity index is 0.00000121. The Morgan fingerprint density at radius 2 is 2.08 bits per heavy atom. The molecular formula is C8H11Cl2NO. The van der Waals surface area contributed by atoms with Crippen molar-refractivity contribution < 1.29 is 5.11 Å². The van der Waals surface area contributed by atoms with Crippen molar-refractivity contribution in [1.29, 1.82) is 0 Å². The minimum absolute atomic E-state index is 0. The van der Waals surface area contributed by atoms with Crippen LogP contribution in [0.25, 0.3) is 0 Å². The molecule has 0 aliphatic heterocycles. The number of halogens is 2. The molecule has 1 aromatic rings. The normalized spacial score (nSPS) is 11.9. The van der Waals surface area contributed by atoms with Crippen LogP contribution in [0.5, 0.6) is 5.75 Å². The maximum atomic E-state index is 9.27. The van der Waals surface area contributed by atoms with Gasteiger partial charge in [0.2, 0.25) is 0 Å². The molecule has 12 heavy (non-hydrogen) atoms. The minimum Gasteiger partial charge on any atom is -0.508 e. The predicted octanol–water partition coefficient (Wildman–Crippen LogP) is 2.49. The number of rotatable bonds is 1. The zero-order valence-corrected chi connectivity index (χ0v) is 8.19. The standard InChI is InChI=1S/C8H10ClNO.ClH/c1-5(10)7-4-6(9)2-3-8(7)11;/h2-5,11H,10H2,1H3;1H/t5-;/m1./s1. The van der Waals surface area contributed by atoms with Crippen molar-refractivity contribution in [3.05, 3.63) is 28.8 Å². The highest BCUT2D eigenvalue weighted by Gasteiger charge is 2.05. The maximum absolute atomic E-state index is 9.27. The summed E-state index contributed by atoms with van der Waals surface area (Å²) in [7, 11) is 0. The van der Waals surface area contributed by atoms with Gasteiger partial charge >= 0.3 is 0 Å². The largest absolute Gasteiger partial charge is 0.508 e. The molecule has 0 aromatic heterocycles. The van der Waals surface area contributed by atoms with Crippen LogP contribution in [0.4, 0.5) is 0 Å². The Kier molecular flexibility index (Phi) is 4.39. The van der Waals surface area contributed by atoms with Gasteiger partial charge in [0.1, 0.15) is 5.75 Å². The topological polar surface area (TPSA) is 46.2 Å². The van der Waals surface area contributed by atoms with Crippen molar-refractivity contribution in [2.45, 2.75) is 13.0 Å². The molecule has 1 aromatic carbocycles. The molecule has 0 aliphatic carbocycles. The Morgan fingerprint density at radius 1 is 1.50 bits per heavy atom. The Bertz CT molecular complexity index is 263. The second-order valence-electron chi connectivity index (χ2n) is 2.49. The van der Waals surface area contributed by atoms with Gasteiger partial charge in [-0.3, -0.25) is 0 Å². The highest BCUT2D eigenvalue weighted by Crippen LogP contribution is 2.25. The summed E-state index contributed by atoms with van der Waals surface area (Å²) in [6.45, 7) is 1.80. The second-order valence-corrected chi connectivity index (χ2v) is 2.93. The monoisotopic (exact) mass is 207 g/mol. The third-order valence-corrected chi connectivity index (χ3v) is 1.72. The molecule has 4 heteroatoms. The summed E-state index contributed by atoms with van der Waals surface area (Å²) >= 11 is 5.69. The molecule has 68 valence electrons.